The zero-order chi connectivity index (χ0) is 48.2. The minimum Gasteiger partial charge on any atom is -0.484 e. The number of hydrogen-bond donors (Lipinski definition) is 11. The summed E-state index contributed by atoms with van der Waals surface area (Å²) in [4.78, 5) is 38.2. The van der Waals surface area contributed by atoms with E-state index < -0.39 is 130 Å². The summed E-state index contributed by atoms with van der Waals surface area (Å²) in [5.41, 5.74) is 2.43. The summed E-state index contributed by atoms with van der Waals surface area (Å²) >= 11 is 0. The van der Waals surface area contributed by atoms with Gasteiger partial charge in [-0.2, -0.15) is 0 Å². The molecule has 2 amide bonds. The molecule has 0 radical (unpaired) electrons. The van der Waals surface area contributed by atoms with Gasteiger partial charge in [-0.3, -0.25) is 9.59 Å². The molecule has 3 heterocycles. The summed E-state index contributed by atoms with van der Waals surface area (Å²) in [5.74, 6) is -1.30. The van der Waals surface area contributed by atoms with E-state index in [0.717, 1.165) is 18.1 Å². The summed E-state index contributed by atoms with van der Waals surface area (Å²) in [6, 6.07) is 21.9. The maximum atomic E-state index is 13.2. The van der Waals surface area contributed by atoms with Crippen molar-refractivity contribution >= 4 is 17.8 Å². The van der Waals surface area contributed by atoms with Gasteiger partial charge in [-0.1, -0.05) is 60.7 Å². The maximum Gasteiger partial charge on any atom is 0.339 e. The molecule has 0 aliphatic carbocycles. The van der Waals surface area contributed by atoms with Crippen LogP contribution in [0, 0.1) is 0 Å². The number of hydrogen-bond acceptors (Lipinski definition) is 20. The standard InChI is InChI=1S/C45H58N2O20/c1-23(51)47-33-36(55)40(66-45-39(58)41(35(54)30(19-49)64-45)67-44-38(57)37(56)34(53)29(18-48)63-44)31(20-50)65-43(33)60-16-8-15-46-32(52)22-61-26-13-14-27(28(17-26)25-11-6-3-7-12-25)42(59)62-21-24-9-4-2-5-10-24/h2-7,9-14,17,29-31,33-41,43-45,48-50,53-58H,8,15-16,18-22H2,1H3,(H,46,52)(H,47,51)/t29?,30?,31?,33?,34-,35-,36?,37?,38?,39?,40+,41?,43+,44+,45-/m0/s1. The molecular formula is C45H58N2O20. The number of amides is 2. The Balaban J connectivity index is 1.01. The molecule has 3 aliphatic heterocycles. The highest BCUT2D eigenvalue weighted by molar-refractivity contribution is 5.97. The Kier molecular flexibility index (Phi) is 18.9. The fraction of sp³-hybridized carbons (Fsp3) is 0.533. The van der Waals surface area contributed by atoms with Crippen LogP contribution in [-0.4, -0.2) is 195 Å². The van der Waals surface area contributed by atoms with Crippen molar-refractivity contribution in [3.05, 3.63) is 90.0 Å². The molecule has 15 atom stereocenters. The van der Waals surface area contributed by atoms with Crippen molar-refractivity contribution in [2.75, 3.05) is 39.6 Å². The minimum atomic E-state index is -1.97. The Hall–Kier alpha value is -4.73. The second kappa shape index (κ2) is 24.5. The average Bonchev–Trinajstić information content (AvgIpc) is 3.34. The first kappa shape index (κ1) is 51.7. The van der Waals surface area contributed by atoms with E-state index in [0.29, 0.717) is 16.9 Å². The van der Waals surface area contributed by atoms with Crippen molar-refractivity contribution in [1.82, 2.24) is 10.6 Å². The van der Waals surface area contributed by atoms with Crippen molar-refractivity contribution in [3.63, 3.8) is 0 Å². The predicted octanol–water partition coefficient (Wildman–Crippen LogP) is -2.80. The number of nitrogens with one attached hydrogen (secondary N) is 2. The molecule has 0 spiro atoms. The Labute approximate surface area is 384 Å². The molecule has 9 unspecified atom stereocenters. The number of carbonyl (C=O) groups excluding carboxylic acids is 3. The van der Waals surface area contributed by atoms with E-state index in [-0.39, 0.29) is 32.8 Å². The van der Waals surface area contributed by atoms with Gasteiger partial charge >= 0.3 is 5.97 Å². The molecule has 6 rings (SSSR count). The van der Waals surface area contributed by atoms with Crippen LogP contribution in [0.5, 0.6) is 5.75 Å². The van der Waals surface area contributed by atoms with E-state index in [4.69, 9.17) is 37.9 Å². The highest BCUT2D eigenvalue weighted by Crippen LogP contribution is 2.33. The lowest BCUT2D eigenvalue weighted by atomic mass is 9.95. The van der Waals surface area contributed by atoms with Gasteiger partial charge in [-0.25, -0.2) is 4.79 Å². The van der Waals surface area contributed by atoms with E-state index in [2.05, 4.69) is 10.6 Å². The topological polar surface area (TPSA) is 331 Å². The Morgan fingerprint density at radius 1 is 0.657 bits per heavy atom. The number of carbonyl (C=O) groups is 3. The number of ether oxygens (including phenoxy) is 8. The van der Waals surface area contributed by atoms with E-state index >= 15 is 0 Å². The third kappa shape index (κ3) is 13.1. The fourth-order valence-corrected chi connectivity index (χ4v) is 7.73. The SMILES string of the molecule is CC(=O)NC1C(O)[C@H](O[C@@H]2OC(CO)[C@H](O)C(O[C@H]3OC(CO)[C@H](O)C(O)C3O)C2O)C(CO)O[C@H]1OCCCNC(=O)COc1ccc(C(=O)OCc2ccccc2)c(-c2ccccc2)c1. The van der Waals surface area contributed by atoms with Crippen LogP contribution in [0.25, 0.3) is 11.1 Å². The van der Waals surface area contributed by atoms with Gasteiger partial charge in [0.15, 0.2) is 25.5 Å². The van der Waals surface area contributed by atoms with Crippen LogP contribution in [0.1, 0.15) is 29.3 Å². The van der Waals surface area contributed by atoms with Gasteiger partial charge in [-0.05, 0) is 41.3 Å². The quantitative estimate of drug-likeness (QED) is 0.0403. The van der Waals surface area contributed by atoms with Crippen LogP contribution >= 0.6 is 0 Å². The van der Waals surface area contributed by atoms with Crippen molar-refractivity contribution in [2.45, 2.75) is 112 Å². The number of rotatable bonds is 20. The van der Waals surface area contributed by atoms with E-state index in [1.54, 1.807) is 18.2 Å². The molecule has 67 heavy (non-hydrogen) atoms. The largest absolute Gasteiger partial charge is 0.484 e. The van der Waals surface area contributed by atoms with E-state index in [1.165, 1.54) is 0 Å². The van der Waals surface area contributed by atoms with Gasteiger partial charge in [-0.15, -0.1) is 0 Å². The summed E-state index contributed by atoms with van der Waals surface area (Å²) in [7, 11) is 0. The van der Waals surface area contributed by atoms with Gasteiger partial charge in [0.05, 0.1) is 32.0 Å². The first-order valence-corrected chi connectivity index (χ1v) is 21.6. The molecule has 3 aromatic carbocycles. The second-order valence-electron chi connectivity index (χ2n) is 16.0. The predicted molar refractivity (Wildman–Crippen MR) is 227 cm³/mol. The lowest BCUT2D eigenvalue weighted by Crippen LogP contribution is -2.68. The van der Waals surface area contributed by atoms with Crippen molar-refractivity contribution in [2.24, 2.45) is 0 Å². The highest BCUT2D eigenvalue weighted by atomic mass is 16.8. The van der Waals surface area contributed by atoms with Gasteiger partial charge in [0.1, 0.15) is 85.5 Å². The van der Waals surface area contributed by atoms with Crippen LogP contribution < -0.4 is 15.4 Å². The molecule has 0 bridgehead atoms. The molecule has 368 valence electrons. The molecule has 22 heteroatoms. The van der Waals surface area contributed by atoms with Crippen molar-refractivity contribution in [1.29, 1.82) is 0 Å². The monoisotopic (exact) mass is 946 g/mol. The average molecular weight is 947 g/mol. The Bertz CT molecular complexity index is 2030. The molecule has 0 saturated carbocycles. The van der Waals surface area contributed by atoms with Gasteiger partial charge < -0.3 is 94.5 Å². The summed E-state index contributed by atoms with van der Waals surface area (Å²) in [5, 5.41) is 99.6. The summed E-state index contributed by atoms with van der Waals surface area (Å²) in [6.07, 6.45) is -23.5. The van der Waals surface area contributed by atoms with E-state index in [1.807, 2.05) is 60.7 Å². The molecule has 0 aromatic heterocycles. The minimum absolute atomic E-state index is 0.0853. The maximum absolute atomic E-state index is 13.2. The van der Waals surface area contributed by atoms with Gasteiger partial charge in [0.2, 0.25) is 5.91 Å². The van der Waals surface area contributed by atoms with Crippen LogP contribution in [-0.2, 0) is 49.4 Å². The van der Waals surface area contributed by atoms with Gasteiger partial charge in [0, 0.05) is 13.5 Å². The van der Waals surface area contributed by atoms with Crippen LogP contribution in [0.4, 0.5) is 0 Å². The second-order valence-corrected chi connectivity index (χ2v) is 16.0. The third-order valence-electron chi connectivity index (χ3n) is 11.3. The molecular weight excluding hydrogens is 888 g/mol. The van der Waals surface area contributed by atoms with Gasteiger partial charge in [0.25, 0.3) is 5.91 Å². The van der Waals surface area contributed by atoms with E-state index in [9.17, 15) is 60.3 Å². The molecule has 3 saturated heterocycles. The smallest absolute Gasteiger partial charge is 0.339 e. The zero-order valence-corrected chi connectivity index (χ0v) is 36.3. The summed E-state index contributed by atoms with van der Waals surface area (Å²) < 4.78 is 45.5. The van der Waals surface area contributed by atoms with Crippen LogP contribution in [0.15, 0.2) is 78.9 Å². The normalized spacial score (nSPS) is 31.9. The highest BCUT2D eigenvalue weighted by Gasteiger charge is 2.54. The first-order valence-electron chi connectivity index (χ1n) is 21.6. The molecule has 22 nitrogen and oxygen atoms in total. The van der Waals surface area contributed by atoms with Crippen LogP contribution in [0.2, 0.25) is 0 Å². The lowest BCUT2D eigenvalue weighted by Gasteiger charge is -2.48. The van der Waals surface area contributed by atoms with Crippen molar-refractivity contribution < 1.29 is 98.2 Å². The molecule has 11 N–H and O–H groups in total. The lowest BCUT2D eigenvalue weighted by molar-refractivity contribution is -0.376. The fourth-order valence-electron chi connectivity index (χ4n) is 7.73. The Morgan fingerprint density at radius 2 is 1.27 bits per heavy atom. The number of aliphatic hydroxyl groups excluding tert-OH is 9. The van der Waals surface area contributed by atoms with Crippen LogP contribution in [0.3, 0.4) is 0 Å². The number of esters is 1. The summed E-state index contributed by atoms with van der Waals surface area (Å²) in [6.45, 7) is -1.55. The molecule has 3 aliphatic rings. The molecule has 3 fully saturated rings. The third-order valence-corrected chi connectivity index (χ3v) is 11.3. The Morgan fingerprint density at radius 3 is 1.93 bits per heavy atom. The van der Waals surface area contributed by atoms with Crippen molar-refractivity contribution in [3.8, 4) is 16.9 Å². The number of aliphatic hydroxyl groups is 9. The first-order chi connectivity index (χ1) is 32.2. The zero-order valence-electron chi connectivity index (χ0n) is 36.3. The number of benzene rings is 3. The molecule has 3 aromatic rings.